The average molecular weight is 239 g/mol. The molecule has 16 heavy (non-hydrogen) atoms. The molecular weight excluding hydrogens is 224 g/mol. The van der Waals surface area contributed by atoms with Crippen molar-refractivity contribution in [2.45, 2.75) is 37.6 Å². The van der Waals surface area contributed by atoms with E-state index >= 15 is 0 Å². The van der Waals surface area contributed by atoms with Crippen molar-refractivity contribution in [3.05, 3.63) is 34.9 Å². The van der Waals surface area contributed by atoms with Crippen LogP contribution in [-0.4, -0.2) is 17.3 Å². The van der Waals surface area contributed by atoms with Crippen molar-refractivity contribution < 1.29 is 9.84 Å². The maximum Gasteiger partial charge on any atom is 0.0858 e. The predicted octanol–water partition coefficient (Wildman–Crippen LogP) is 2.94. The van der Waals surface area contributed by atoms with Gasteiger partial charge in [-0.05, 0) is 30.9 Å². The maximum absolute atomic E-state index is 10.4. The quantitative estimate of drug-likeness (QED) is 0.859. The fourth-order valence-electron chi connectivity index (χ4n) is 2.95. The molecule has 4 atom stereocenters. The normalized spacial score (nSPS) is 34.2. The van der Waals surface area contributed by atoms with Gasteiger partial charge in [0.05, 0.1) is 18.3 Å². The Balaban J connectivity index is 1.83. The third-order valence-electron chi connectivity index (χ3n) is 3.78. The Bertz CT molecular complexity index is 393. The molecule has 1 aromatic carbocycles. The highest BCUT2D eigenvalue weighted by atomic mass is 35.5. The van der Waals surface area contributed by atoms with Crippen LogP contribution in [0.1, 0.15) is 30.9 Å². The van der Waals surface area contributed by atoms with Crippen LogP contribution in [0.25, 0.3) is 0 Å². The second-order valence-electron chi connectivity index (χ2n) is 4.74. The first-order chi connectivity index (χ1) is 7.75. The smallest absolute Gasteiger partial charge is 0.0858 e. The van der Waals surface area contributed by atoms with E-state index in [2.05, 4.69) is 0 Å². The highest BCUT2D eigenvalue weighted by Crippen LogP contribution is 2.45. The highest BCUT2D eigenvalue weighted by molar-refractivity contribution is 6.31. The molecule has 2 aliphatic rings. The Labute approximate surface area is 100 Å². The lowest BCUT2D eigenvalue weighted by molar-refractivity contribution is 0.0423. The van der Waals surface area contributed by atoms with Gasteiger partial charge in [-0.3, -0.25) is 0 Å². The van der Waals surface area contributed by atoms with E-state index in [0.29, 0.717) is 11.1 Å². The zero-order chi connectivity index (χ0) is 11.1. The minimum atomic E-state index is -0.482. The number of fused-ring (bicyclic) bond motifs is 2. The van der Waals surface area contributed by atoms with Gasteiger partial charge in [0.2, 0.25) is 0 Å². The summed E-state index contributed by atoms with van der Waals surface area (Å²) in [7, 11) is 0. The number of ether oxygens (including phenoxy) is 1. The molecule has 2 nitrogen and oxygen atoms in total. The Morgan fingerprint density at radius 3 is 2.75 bits per heavy atom. The molecule has 0 aromatic heterocycles. The Morgan fingerprint density at radius 2 is 2.12 bits per heavy atom. The van der Waals surface area contributed by atoms with Gasteiger partial charge in [0, 0.05) is 10.9 Å². The predicted molar refractivity (Wildman–Crippen MR) is 62.4 cm³/mol. The van der Waals surface area contributed by atoms with Crippen LogP contribution < -0.4 is 0 Å². The van der Waals surface area contributed by atoms with Crippen molar-refractivity contribution in [1.29, 1.82) is 0 Å². The Morgan fingerprint density at radius 1 is 1.31 bits per heavy atom. The highest BCUT2D eigenvalue weighted by Gasteiger charge is 2.44. The van der Waals surface area contributed by atoms with Crippen LogP contribution >= 0.6 is 11.6 Å². The molecule has 0 saturated carbocycles. The van der Waals surface area contributed by atoms with Crippen LogP contribution in [0.3, 0.4) is 0 Å². The molecule has 1 aromatic rings. The summed E-state index contributed by atoms with van der Waals surface area (Å²) in [6.07, 6.45) is 3.32. The molecule has 0 spiro atoms. The van der Waals surface area contributed by atoms with E-state index in [4.69, 9.17) is 16.3 Å². The summed E-state index contributed by atoms with van der Waals surface area (Å²) in [6.45, 7) is 0. The third-order valence-corrected chi connectivity index (χ3v) is 4.13. The molecule has 3 heteroatoms. The van der Waals surface area contributed by atoms with Crippen LogP contribution in [-0.2, 0) is 4.74 Å². The fraction of sp³-hybridized carbons (Fsp3) is 0.538. The van der Waals surface area contributed by atoms with Crippen molar-refractivity contribution in [2.75, 3.05) is 0 Å². The number of halogens is 1. The van der Waals surface area contributed by atoms with Gasteiger partial charge in [-0.1, -0.05) is 29.8 Å². The molecule has 4 unspecified atom stereocenters. The summed E-state index contributed by atoms with van der Waals surface area (Å²) in [6, 6.07) is 7.53. The topological polar surface area (TPSA) is 29.5 Å². The standard InChI is InChI=1S/C13H15ClO2/c14-11-4-2-1-3-9(11)13(15)10-7-8-5-6-12(10)16-8/h1-4,8,10,12-13,15H,5-7H2. The van der Waals surface area contributed by atoms with Crippen LogP contribution in [0.4, 0.5) is 0 Å². The van der Waals surface area contributed by atoms with Crippen LogP contribution in [0.2, 0.25) is 5.02 Å². The van der Waals surface area contributed by atoms with Gasteiger partial charge in [-0.25, -0.2) is 0 Å². The number of rotatable bonds is 2. The van der Waals surface area contributed by atoms with Gasteiger partial charge in [0.15, 0.2) is 0 Å². The van der Waals surface area contributed by atoms with E-state index in [1.54, 1.807) is 0 Å². The van der Waals surface area contributed by atoms with Crippen molar-refractivity contribution in [3.63, 3.8) is 0 Å². The van der Waals surface area contributed by atoms with Crippen molar-refractivity contribution in [3.8, 4) is 0 Å². The minimum Gasteiger partial charge on any atom is -0.388 e. The summed E-state index contributed by atoms with van der Waals surface area (Å²) in [4.78, 5) is 0. The first-order valence-electron chi connectivity index (χ1n) is 5.83. The number of aliphatic hydroxyl groups excluding tert-OH is 1. The van der Waals surface area contributed by atoms with E-state index in [9.17, 15) is 5.11 Å². The SMILES string of the molecule is OC(c1ccccc1Cl)C1CC2CCC1O2. The van der Waals surface area contributed by atoms with E-state index < -0.39 is 6.10 Å². The molecule has 2 saturated heterocycles. The molecule has 2 heterocycles. The van der Waals surface area contributed by atoms with Gasteiger partial charge in [-0.2, -0.15) is 0 Å². The molecule has 2 fully saturated rings. The fourth-order valence-corrected chi connectivity index (χ4v) is 3.20. The lowest BCUT2D eigenvalue weighted by atomic mass is 9.82. The molecule has 2 aliphatic heterocycles. The first kappa shape index (κ1) is 10.6. The molecule has 0 aliphatic carbocycles. The molecule has 1 N–H and O–H groups in total. The first-order valence-corrected chi connectivity index (χ1v) is 6.21. The summed E-state index contributed by atoms with van der Waals surface area (Å²) in [5.74, 6) is 0.221. The second kappa shape index (κ2) is 4.02. The molecule has 86 valence electrons. The maximum atomic E-state index is 10.4. The number of benzene rings is 1. The molecule has 3 rings (SSSR count). The Hall–Kier alpha value is -0.570. The molecule has 0 radical (unpaired) electrons. The molecule has 0 amide bonds. The van der Waals surface area contributed by atoms with Crippen LogP contribution in [0.5, 0.6) is 0 Å². The summed E-state index contributed by atoms with van der Waals surface area (Å²) < 4.78 is 5.76. The van der Waals surface area contributed by atoms with E-state index in [1.807, 2.05) is 24.3 Å². The van der Waals surface area contributed by atoms with Gasteiger partial charge in [0.25, 0.3) is 0 Å². The second-order valence-corrected chi connectivity index (χ2v) is 5.15. The molecule has 2 bridgehead atoms. The van der Waals surface area contributed by atoms with E-state index in [1.165, 1.54) is 0 Å². The lowest BCUT2D eigenvalue weighted by Crippen LogP contribution is -2.23. The number of hydrogen-bond donors (Lipinski definition) is 1. The van der Waals surface area contributed by atoms with Gasteiger partial charge >= 0.3 is 0 Å². The third kappa shape index (κ3) is 1.65. The lowest BCUT2D eigenvalue weighted by Gasteiger charge is -2.25. The van der Waals surface area contributed by atoms with Crippen LogP contribution in [0.15, 0.2) is 24.3 Å². The number of aliphatic hydroxyl groups is 1. The van der Waals surface area contributed by atoms with E-state index in [0.717, 1.165) is 24.8 Å². The summed E-state index contributed by atoms with van der Waals surface area (Å²) in [5.41, 5.74) is 0.838. The van der Waals surface area contributed by atoms with Crippen LogP contribution in [0, 0.1) is 5.92 Å². The number of hydrogen-bond acceptors (Lipinski definition) is 2. The zero-order valence-corrected chi connectivity index (χ0v) is 9.73. The molecular formula is C13H15ClO2. The van der Waals surface area contributed by atoms with Crippen molar-refractivity contribution in [1.82, 2.24) is 0 Å². The summed E-state index contributed by atoms with van der Waals surface area (Å²) in [5, 5.41) is 11.0. The van der Waals surface area contributed by atoms with Gasteiger partial charge in [0.1, 0.15) is 0 Å². The largest absolute Gasteiger partial charge is 0.388 e. The Kier molecular flexibility index (Phi) is 2.66. The van der Waals surface area contributed by atoms with Gasteiger partial charge < -0.3 is 9.84 Å². The van der Waals surface area contributed by atoms with Crippen molar-refractivity contribution in [2.24, 2.45) is 5.92 Å². The summed E-state index contributed by atoms with van der Waals surface area (Å²) >= 11 is 6.10. The van der Waals surface area contributed by atoms with E-state index in [-0.39, 0.29) is 12.0 Å². The zero-order valence-electron chi connectivity index (χ0n) is 8.97. The average Bonchev–Trinajstić information content (AvgIpc) is 2.90. The monoisotopic (exact) mass is 238 g/mol. The van der Waals surface area contributed by atoms with Crippen molar-refractivity contribution >= 4 is 11.6 Å². The van der Waals surface area contributed by atoms with Gasteiger partial charge in [-0.15, -0.1) is 0 Å². The minimum absolute atomic E-state index is 0.221.